The Balaban J connectivity index is 1.04. The van der Waals surface area contributed by atoms with Crippen LogP contribution in [0, 0.1) is 23.2 Å². The summed E-state index contributed by atoms with van der Waals surface area (Å²) in [5, 5.41) is 14.7. The lowest BCUT2D eigenvalue weighted by molar-refractivity contribution is -0.113. The van der Waals surface area contributed by atoms with E-state index in [2.05, 4.69) is 25.3 Å². The number of aliphatic hydroxyl groups is 1. The van der Waals surface area contributed by atoms with Crippen molar-refractivity contribution in [3.8, 4) is 0 Å². The monoisotopic (exact) mass is 459 g/mol. The number of fused-ring (bicyclic) bond motifs is 1. The van der Waals surface area contributed by atoms with Gasteiger partial charge in [0.15, 0.2) is 5.82 Å². The Bertz CT molecular complexity index is 978. The number of aliphatic hydroxyl groups excluding tert-OH is 1. The molecule has 3 fully saturated rings. The van der Waals surface area contributed by atoms with Crippen LogP contribution in [0.2, 0.25) is 5.02 Å². The number of halogens is 1. The summed E-state index contributed by atoms with van der Waals surface area (Å²) in [6.07, 6.45) is 12.0. The quantitative estimate of drug-likeness (QED) is 0.521. The Morgan fingerprint density at radius 1 is 1.13 bits per heavy atom. The highest BCUT2D eigenvalue weighted by Gasteiger charge is 2.57. The Labute approximate surface area is 189 Å². The first-order valence-electron chi connectivity index (χ1n) is 11.2. The Hall–Kier alpha value is -1.48. The van der Waals surface area contributed by atoms with Gasteiger partial charge in [0.1, 0.15) is 29.8 Å². The van der Waals surface area contributed by atoms with Crippen LogP contribution in [0.3, 0.4) is 0 Å². The number of rotatable bonds is 5. The SMILES string of the molecule is [O-][S+]1CCc2ncnc(NC(O)C3CCC3C3CC4(CC(c5ncc(Cl)cn5)C4)C3)c21. The van der Waals surface area contributed by atoms with Gasteiger partial charge >= 0.3 is 0 Å². The molecule has 3 aliphatic carbocycles. The van der Waals surface area contributed by atoms with Gasteiger partial charge < -0.3 is 15.0 Å². The normalized spacial score (nSPS) is 36.8. The largest absolute Gasteiger partial charge is 0.611 e. The highest BCUT2D eigenvalue weighted by Crippen LogP contribution is 2.67. The van der Waals surface area contributed by atoms with E-state index < -0.39 is 17.4 Å². The van der Waals surface area contributed by atoms with Crippen LogP contribution >= 0.6 is 11.6 Å². The molecule has 0 bridgehead atoms. The molecule has 4 aliphatic rings. The van der Waals surface area contributed by atoms with E-state index >= 15 is 0 Å². The van der Waals surface area contributed by atoms with Crippen LogP contribution < -0.4 is 5.32 Å². The molecule has 3 saturated carbocycles. The molecule has 2 aromatic heterocycles. The first kappa shape index (κ1) is 20.1. The molecule has 31 heavy (non-hydrogen) atoms. The van der Waals surface area contributed by atoms with Gasteiger partial charge in [-0.05, 0) is 67.0 Å². The lowest BCUT2D eigenvalue weighted by atomic mass is 9.43. The minimum Gasteiger partial charge on any atom is -0.611 e. The summed E-state index contributed by atoms with van der Waals surface area (Å²) in [6.45, 7) is 0. The van der Waals surface area contributed by atoms with Gasteiger partial charge in [-0.1, -0.05) is 11.6 Å². The molecule has 2 N–H and O–H groups in total. The molecule has 0 amide bonds. The molecule has 1 aliphatic heterocycles. The second kappa shape index (κ2) is 7.54. The third-order valence-electron chi connectivity index (χ3n) is 8.06. The third kappa shape index (κ3) is 3.43. The maximum Gasteiger partial charge on any atom is 0.216 e. The fourth-order valence-electron chi connectivity index (χ4n) is 6.39. The van der Waals surface area contributed by atoms with Crippen LogP contribution in [-0.4, -0.2) is 41.6 Å². The zero-order valence-electron chi connectivity index (χ0n) is 17.2. The summed E-state index contributed by atoms with van der Waals surface area (Å²) in [4.78, 5) is 18.0. The summed E-state index contributed by atoms with van der Waals surface area (Å²) in [5.41, 5.74) is 1.31. The van der Waals surface area contributed by atoms with Crippen molar-refractivity contribution in [2.45, 2.75) is 62.0 Å². The van der Waals surface area contributed by atoms with Crippen LogP contribution in [0.5, 0.6) is 0 Å². The van der Waals surface area contributed by atoms with Gasteiger partial charge in [0.05, 0.1) is 5.02 Å². The van der Waals surface area contributed by atoms with Gasteiger partial charge in [-0.15, -0.1) is 0 Å². The topological polar surface area (TPSA) is 107 Å². The van der Waals surface area contributed by atoms with Gasteiger partial charge in [-0.25, -0.2) is 19.9 Å². The molecule has 4 unspecified atom stereocenters. The zero-order valence-corrected chi connectivity index (χ0v) is 18.8. The van der Waals surface area contributed by atoms with Crippen LogP contribution in [-0.2, 0) is 17.6 Å². The van der Waals surface area contributed by atoms with Crippen LogP contribution in [0.25, 0.3) is 0 Å². The number of nitrogens with zero attached hydrogens (tertiary/aromatic N) is 4. The number of aromatic nitrogens is 4. The third-order valence-corrected chi connectivity index (χ3v) is 9.72. The molecule has 7 nitrogen and oxygen atoms in total. The van der Waals surface area contributed by atoms with E-state index in [1.165, 1.54) is 38.4 Å². The molecule has 164 valence electrons. The van der Waals surface area contributed by atoms with E-state index in [0.29, 0.717) is 51.1 Å². The van der Waals surface area contributed by atoms with E-state index in [9.17, 15) is 9.66 Å². The first-order valence-corrected chi connectivity index (χ1v) is 12.9. The van der Waals surface area contributed by atoms with E-state index in [1.54, 1.807) is 12.4 Å². The lowest BCUT2D eigenvalue weighted by Gasteiger charge is -2.62. The van der Waals surface area contributed by atoms with Crippen LogP contribution in [0.1, 0.15) is 56.0 Å². The highest BCUT2D eigenvalue weighted by molar-refractivity contribution is 7.91. The molecule has 4 atom stereocenters. The predicted molar refractivity (Wildman–Crippen MR) is 117 cm³/mol. The fourth-order valence-corrected chi connectivity index (χ4v) is 7.81. The van der Waals surface area contributed by atoms with Gasteiger partial charge in [-0.2, -0.15) is 0 Å². The fraction of sp³-hybridized carbons (Fsp3) is 0.636. The van der Waals surface area contributed by atoms with E-state index in [1.807, 2.05) is 0 Å². The van der Waals surface area contributed by atoms with Gasteiger partial charge in [0.25, 0.3) is 0 Å². The summed E-state index contributed by atoms with van der Waals surface area (Å²) < 4.78 is 12.3. The Kier molecular flexibility index (Phi) is 4.90. The van der Waals surface area contributed by atoms with Crippen molar-refractivity contribution in [3.05, 3.63) is 35.3 Å². The van der Waals surface area contributed by atoms with E-state index in [4.69, 9.17) is 11.6 Å². The minimum atomic E-state index is -1.07. The van der Waals surface area contributed by atoms with Crippen LogP contribution in [0.4, 0.5) is 5.82 Å². The maximum atomic E-state index is 12.3. The molecule has 9 heteroatoms. The highest BCUT2D eigenvalue weighted by atomic mass is 35.5. The predicted octanol–water partition coefficient (Wildman–Crippen LogP) is 3.31. The van der Waals surface area contributed by atoms with Crippen molar-refractivity contribution >= 4 is 28.6 Å². The molecule has 0 radical (unpaired) electrons. The molecule has 0 saturated heterocycles. The number of nitrogens with one attached hydrogen (secondary N) is 1. The lowest BCUT2D eigenvalue weighted by Crippen LogP contribution is -2.54. The molecule has 0 aromatic carbocycles. The standard InChI is InChI=1S/C22H26ClN5O2S/c23-14-9-24-19(25-10-14)13-7-22(8-13)5-12(6-22)15-1-2-16(15)21(29)28-20-18-17(26-11-27-20)3-4-31(18)30/h9-13,15-16,21,29H,1-8H2,(H,26,27,28). The van der Waals surface area contributed by atoms with Crippen molar-refractivity contribution in [2.24, 2.45) is 23.2 Å². The van der Waals surface area contributed by atoms with Gasteiger partial charge in [0.2, 0.25) is 4.90 Å². The van der Waals surface area contributed by atoms with Crippen molar-refractivity contribution in [1.29, 1.82) is 0 Å². The van der Waals surface area contributed by atoms with Crippen molar-refractivity contribution < 1.29 is 9.66 Å². The van der Waals surface area contributed by atoms with Gasteiger partial charge in [-0.3, -0.25) is 0 Å². The second-order valence-corrected chi connectivity index (χ2v) is 11.8. The second-order valence-electron chi connectivity index (χ2n) is 9.82. The van der Waals surface area contributed by atoms with E-state index in [0.717, 1.165) is 17.9 Å². The molecular formula is C22H26ClN5O2S. The summed E-state index contributed by atoms with van der Waals surface area (Å²) >= 11 is 4.83. The van der Waals surface area contributed by atoms with Crippen LogP contribution in [0.15, 0.2) is 23.6 Å². The average Bonchev–Trinajstić information content (AvgIpc) is 3.04. The summed E-state index contributed by atoms with van der Waals surface area (Å²) in [7, 11) is 0. The Morgan fingerprint density at radius 3 is 2.61 bits per heavy atom. The average molecular weight is 460 g/mol. The van der Waals surface area contributed by atoms with Crippen molar-refractivity contribution in [1.82, 2.24) is 19.9 Å². The summed E-state index contributed by atoms with van der Waals surface area (Å²) in [6, 6.07) is 0. The van der Waals surface area contributed by atoms with Crippen molar-refractivity contribution in [2.75, 3.05) is 11.1 Å². The number of anilines is 1. The Morgan fingerprint density at radius 2 is 1.90 bits per heavy atom. The molecule has 6 rings (SSSR count). The first-order chi connectivity index (χ1) is 15.0. The molecule has 2 aromatic rings. The number of aryl methyl sites for hydroxylation is 1. The zero-order chi connectivity index (χ0) is 21.2. The smallest absolute Gasteiger partial charge is 0.216 e. The van der Waals surface area contributed by atoms with E-state index in [-0.39, 0.29) is 5.92 Å². The molecule has 1 spiro atoms. The molecule has 3 heterocycles. The number of hydrogen-bond donors (Lipinski definition) is 2. The minimum absolute atomic E-state index is 0.235. The van der Waals surface area contributed by atoms with Gasteiger partial charge in [0, 0.05) is 30.7 Å². The maximum absolute atomic E-state index is 12.3. The van der Waals surface area contributed by atoms with Crippen molar-refractivity contribution in [3.63, 3.8) is 0 Å². The number of hydrogen-bond acceptors (Lipinski definition) is 7. The summed E-state index contributed by atoms with van der Waals surface area (Å²) in [5.74, 6) is 4.01. The molecular weight excluding hydrogens is 434 g/mol.